The van der Waals surface area contributed by atoms with Gasteiger partial charge in [-0.25, -0.2) is 13.2 Å². The minimum atomic E-state index is -1.61. The second-order valence-corrected chi connectivity index (χ2v) is 4.59. The number of hydrogen-bond donors (Lipinski definition) is 0. The topological polar surface area (TPSA) is 40.9 Å². The molecule has 1 unspecified atom stereocenters. The van der Waals surface area contributed by atoms with E-state index in [1.54, 1.807) is 6.07 Å². The maximum atomic E-state index is 13.8. The Balaban J connectivity index is 2.52. The van der Waals surface area contributed by atoms with Crippen molar-refractivity contribution in [3.05, 3.63) is 70.0 Å². The number of nitriles is 1. The molecule has 0 heterocycles. The lowest BCUT2D eigenvalue weighted by Crippen LogP contribution is -2.15. The highest BCUT2D eigenvalue weighted by Gasteiger charge is 2.28. The van der Waals surface area contributed by atoms with Crippen molar-refractivity contribution in [1.82, 2.24) is 0 Å². The van der Waals surface area contributed by atoms with Crippen LogP contribution >= 0.6 is 11.6 Å². The molecule has 0 radical (unpaired) electrons. The number of halogens is 4. The second-order valence-electron chi connectivity index (χ2n) is 4.19. The van der Waals surface area contributed by atoms with Gasteiger partial charge in [0.15, 0.2) is 5.78 Å². The molecule has 0 amide bonds. The predicted molar refractivity (Wildman–Crippen MR) is 70.5 cm³/mol. The highest BCUT2D eigenvalue weighted by atomic mass is 35.5. The van der Waals surface area contributed by atoms with Crippen molar-refractivity contribution in [2.24, 2.45) is 0 Å². The Kier molecular flexibility index (Phi) is 4.29. The highest BCUT2D eigenvalue weighted by Crippen LogP contribution is 2.30. The molecular formula is C15H7ClF3NO. The molecule has 0 aliphatic carbocycles. The van der Waals surface area contributed by atoms with Crippen LogP contribution in [-0.4, -0.2) is 5.78 Å². The Hall–Kier alpha value is -2.32. The van der Waals surface area contributed by atoms with Gasteiger partial charge in [0, 0.05) is 16.7 Å². The van der Waals surface area contributed by atoms with Crippen molar-refractivity contribution in [2.75, 3.05) is 0 Å². The van der Waals surface area contributed by atoms with Gasteiger partial charge in [-0.15, -0.1) is 0 Å². The molecule has 0 aliphatic heterocycles. The minimum Gasteiger partial charge on any atom is -0.292 e. The van der Waals surface area contributed by atoms with Crippen LogP contribution in [0, 0.1) is 28.8 Å². The summed E-state index contributed by atoms with van der Waals surface area (Å²) in [4.78, 5) is 12.2. The SMILES string of the molecule is N#CC(C(=O)c1ccc(F)cc1F)c1c(F)cccc1Cl. The summed E-state index contributed by atoms with van der Waals surface area (Å²) < 4.78 is 40.3. The van der Waals surface area contributed by atoms with E-state index in [2.05, 4.69) is 0 Å². The summed E-state index contributed by atoms with van der Waals surface area (Å²) in [6.07, 6.45) is 0. The molecule has 21 heavy (non-hydrogen) atoms. The highest BCUT2D eigenvalue weighted by molar-refractivity contribution is 6.31. The van der Waals surface area contributed by atoms with Crippen molar-refractivity contribution < 1.29 is 18.0 Å². The Labute approximate surface area is 123 Å². The van der Waals surface area contributed by atoms with Gasteiger partial charge in [0.05, 0.1) is 11.6 Å². The average Bonchev–Trinajstić information content (AvgIpc) is 2.42. The lowest BCUT2D eigenvalue weighted by Gasteiger charge is -2.12. The molecule has 0 aromatic heterocycles. The van der Waals surface area contributed by atoms with Gasteiger partial charge in [0.1, 0.15) is 23.4 Å². The van der Waals surface area contributed by atoms with Crippen LogP contribution in [0.1, 0.15) is 21.8 Å². The monoisotopic (exact) mass is 309 g/mol. The van der Waals surface area contributed by atoms with E-state index in [1.807, 2.05) is 0 Å². The van der Waals surface area contributed by atoms with Gasteiger partial charge >= 0.3 is 0 Å². The first-order valence-corrected chi connectivity index (χ1v) is 6.16. The zero-order valence-electron chi connectivity index (χ0n) is 10.4. The molecule has 0 aliphatic rings. The molecule has 106 valence electrons. The molecule has 0 saturated heterocycles. The van der Waals surface area contributed by atoms with E-state index in [0.29, 0.717) is 6.07 Å². The van der Waals surface area contributed by atoms with Crippen LogP contribution in [-0.2, 0) is 0 Å². The molecule has 2 rings (SSSR count). The third-order valence-electron chi connectivity index (χ3n) is 2.88. The number of carbonyl (C=O) groups excluding carboxylic acids is 1. The zero-order chi connectivity index (χ0) is 15.6. The van der Waals surface area contributed by atoms with Gasteiger partial charge in [-0.3, -0.25) is 4.79 Å². The van der Waals surface area contributed by atoms with E-state index >= 15 is 0 Å². The van der Waals surface area contributed by atoms with Crippen molar-refractivity contribution in [3.8, 4) is 6.07 Å². The van der Waals surface area contributed by atoms with Gasteiger partial charge in [-0.05, 0) is 24.3 Å². The van der Waals surface area contributed by atoms with Crippen molar-refractivity contribution >= 4 is 17.4 Å². The first kappa shape index (κ1) is 15.1. The summed E-state index contributed by atoms with van der Waals surface area (Å²) in [6, 6.07) is 7.59. The number of ketones is 1. The van der Waals surface area contributed by atoms with E-state index in [1.165, 1.54) is 12.1 Å². The van der Waals surface area contributed by atoms with Gasteiger partial charge < -0.3 is 0 Å². The van der Waals surface area contributed by atoms with Crippen molar-refractivity contribution in [1.29, 1.82) is 5.26 Å². The molecule has 1 atom stereocenters. The Morgan fingerprint density at radius 1 is 1.14 bits per heavy atom. The molecule has 2 nitrogen and oxygen atoms in total. The van der Waals surface area contributed by atoms with Crippen LogP contribution in [0.25, 0.3) is 0 Å². The van der Waals surface area contributed by atoms with Gasteiger partial charge in [0.2, 0.25) is 0 Å². The fourth-order valence-electron chi connectivity index (χ4n) is 1.89. The molecular weight excluding hydrogens is 303 g/mol. The summed E-state index contributed by atoms with van der Waals surface area (Å²) in [5.74, 6) is -5.42. The number of hydrogen-bond acceptors (Lipinski definition) is 2. The lowest BCUT2D eigenvalue weighted by atomic mass is 9.91. The second kappa shape index (κ2) is 5.98. The Morgan fingerprint density at radius 3 is 2.43 bits per heavy atom. The Bertz CT molecular complexity index is 735. The van der Waals surface area contributed by atoms with Crippen molar-refractivity contribution in [2.45, 2.75) is 5.92 Å². The van der Waals surface area contributed by atoms with E-state index in [0.717, 1.165) is 18.2 Å². The molecule has 6 heteroatoms. The summed E-state index contributed by atoms with van der Waals surface area (Å²) in [6.45, 7) is 0. The maximum absolute atomic E-state index is 13.8. The van der Waals surface area contributed by atoms with Gasteiger partial charge in [-0.2, -0.15) is 5.26 Å². The predicted octanol–water partition coefficient (Wildman–Crippen LogP) is 4.25. The Morgan fingerprint density at radius 2 is 1.86 bits per heavy atom. The quantitative estimate of drug-likeness (QED) is 0.795. The number of Topliss-reactive ketones (excluding diaryl/α,β-unsaturated/α-hetero) is 1. The summed E-state index contributed by atoms with van der Waals surface area (Å²) in [7, 11) is 0. The van der Waals surface area contributed by atoms with Crippen LogP contribution in [0.2, 0.25) is 5.02 Å². The van der Waals surface area contributed by atoms with Crippen LogP contribution in [0.5, 0.6) is 0 Å². The van der Waals surface area contributed by atoms with Crippen LogP contribution in [0.15, 0.2) is 36.4 Å². The third-order valence-corrected chi connectivity index (χ3v) is 3.21. The van der Waals surface area contributed by atoms with Crippen LogP contribution in [0.3, 0.4) is 0 Å². The van der Waals surface area contributed by atoms with Gasteiger partial charge in [-0.1, -0.05) is 17.7 Å². The maximum Gasteiger partial charge on any atom is 0.187 e. The smallest absolute Gasteiger partial charge is 0.187 e. The molecule has 0 saturated carbocycles. The molecule has 2 aromatic rings. The first-order chi connectivity index (χ1) is 9.95. The largest absolute Gasteiger partial charge is 0.292 e. The zero-order valence-corrected chi connectivity index (χ0v) is 11.2. The standard InChI is InChI=1S/C15H7ClF3NO/c16-11-2-1-3-12(18)14(11)10(7-20)15(21)9-5-4-8(17)6-13(9)19/h1-6,10H. The number of rotatable bonds is 3. The number of benzene rings is 2. The lowest BCUT2D eigenvalue weighted by molar-refractivity contribution is 0.0973. The molecule has 2 aromatic carbocycles. The van der Waals surface area contributed by atoms with Crippen molar-refractivity contribution in [3.63, 3.8) is 0 Å². The van der Waals surface area contributed by atoms with Crippen LogP contribution in [0.4, 0.5) is 13.2 Å². The summed E-state index contributed by atoms with van der Waals surface area (Å²) in [5, 5.41) is 9.00. The van der Waals surface area contributed by atoms with E-state index < -0.39 is 34.7 Å². The molecule has 0 bridgehead atoms. The average molecular weight is 310 g/mol. The summed E-state index contributed by atoms with van der Waals surface area (Å²) >= 11 is 5.80. The number of carbonyl (C=O) groups is 1. The normalized spacial score (nSPS) is 11.8. The first-order valence-electron chi connectivity index (χ1n) is 5.78. The van der Waals surface area contributed by atoms with E-state index in [-0.39, 0.29) is 10.6 Å². The molecule has 0 spiro atoms. The molecule has 0 fully saturated rings. The summed E-state index contributed by atoms with van der Waals surface area (Å²) in [5.41, 5.74) is -0.822. The van der Waals surface area contributed by atoms with Gasteiger partial charge in [0.25, 0.3) is 0 Å². The fourth-order valence-corrected chi connectivity index (χ4v) is 2.16. The van der Waals surface area contributed by atoms with Crippen LogP contribution < -0.4 is 0 Å². The third kappa shape index (κ3) is 2.91. The fraction of sp³-hybridized carbons (Fsp3) is 0.0667. The molecule has 0 N–H and O–H groups in total. The van der Waals surface area contributed by atoms with E-state index in [4.69, 9.17) is 16.9 Å². The van der Waals surface area contributed by atoms with E-state index in [9.17, 15) is 18.0 Å². The minimum absolute atomic E-state index is 0.114. The number of nitrogens with zero attached hydrogens (tertiary/aromatic N) is 1.